The number of nitrogens with one attached hydrogen (secondary N) is 1. The van der Waals surface area contributed by atoms with Crippen LogP contribution in [0.1, 0.15) is 25.5 Å². The summed E-state index contributed by atoms with van der Waals surface area (Å²) >= 11 is 0. The summed E-state index contributed by atoms with van der Waals surface area (Å²) in [5, 5.41) is 2.90. The molecule has 0 radical (unpaired) electrons. The summed E-state index contributed by atoms with van der Waals surface area (Å²) in [4.78, 5) is 14.4. The molecule has 1 atom stereocenters. The van der Waals surface area contributed by atoms with Crippen molar-refractivity contribution >= 4 is 5.91 Å². The highest BCUT2D eigenvalue weighted by Crippen LogP contribution is 2.22. The Kier molecular flexibility index (Phi) is 6.41. The molecule has 0 unspecified atom stereocenters. The zero-order valence-corrected chi connectivity index (χ0v) is 15.0. The Bertz CT molecular complexity index is 708. The Morgan fingerprint density at radius 2 is 1.92 bits per heavy atom. The monoisotopic (exact) mass is 360 g/mol. The van der Waals surface area contributed by atoms with Gasteiger partial charge in [-0.15, -0.1) is 0 Å². The van der Waals surface area contributed by atoms with E-state index in [4.69, 9.17) is 9.15 Å². The van der Waals surface area contributed by atoms with E-state index < -0.39 is 0 Å². The molecule has 0 bridgehead atoms. The fourth-order valence-electron chi connectivity index (χ4n) is 3.06. The Labute approximate surface area is 153 Å². The molecular formula is C20H25FN2O3. The molecule has 1 fully saturated rings. The van der Waals surface area contributed by atoms with E-state index in [-0.39, 0.29) is 11.7 Å². The minimum Gasteiger partial charge on any atom is -0.459 e. The number of hydrogen-bond donors (Lipinski definition) is 1. The molecule has 26 heavy (non-hydrogen) atoms. The number of benzene rings is 1. The van der Waals surface area contributed by atoms with Gasteiger partial charge >= 0.3 is 0 Å². The van der Waals surface area contributed by atoms with Crippen LogP contribution in [-0.2, 0) is 16.1 Å². The van der Waals surface area contributed by atoms with Gasteiger partial charge in [-0.25, -0.2) is 4.39 Å². The molecule has 1 aliphatic heterocycles. The molecule has 1 amide bonds. The molecule has 6 heteroatoms. The number of rotatable bonds is 7. The summed E-state index contributed by atoms with van der Waals surface area (Å²) in [5.74, 6) is 1.08. The topological polar surface area (TPSA) is 54.7 Å². The number of morpholine rings is 1. The van der Waals surface area contributed by atoms with E-state index in [9.17, 15) is 9.18 Å². The lowest BCUT2D eigenvalue weighted by molar-refractivity contribution is -0.121. The second-order valence-corrected chi connectivity index (χ2v) is 6.59. The Hall–Kier alpha value is -2.18. The van der Waals surface area contributed by atoms with Crippen LogP contribution in [0, 0.1) is 5.82 Å². The number of carbonyl (C=O) groups excluding carboxylic acids is 1. The molecule has 3 rings (SSSR count). The first kappa shape index (κ1) is 18.6. The molecule has 1 N–H and O–H groups in total. The minimum absolute atomic E-state index is 0.0184. The van der Waals surface area contributed by atoms with Crippen molar-refractivity contribution in [1.82, 2.24) is 10.2 Å². The zero-order valence-electron chi connectivity index (χ0n) is 15.0. The van der Waals surface area contributed by atoms with Crippen molar-refractivity contribution in [2.24, 2.45) is 0 Å². The number of amides is 1. The van der Waals surface area contributed by atoms with Crippen LogP contribution in [0.3, 0.4) is 0 Å². The largest absolute Gasteiger partial charge is 0.459 e. The molecule has 2 aromatic rings. The van der Waals surface area contributed by atoms with Gasteiger partial charge in [0.25, 0.3) is 0 Å². The maximum atomic E-state index is 13.0. The predicted molar refractivity (Wildman–Crippen MR) is 97.0 cm³/mol. The maximum absolute atomic E-state index is 13.0. The molecule has 0 aliphatic carbocycles. The first-order chi connectivity index (χ1) is 12.6. The van der Waals surface area contributed by atoms with Crippen LogP contribution in [0.15, 0.2) is 40.8 Å². The fraction of sp³-hybridized carbons (Fsp3) is 0.450. The number of halogens is 1. The number of hydrogen-bond acceptors (Lipinski definition) is 4. The second-order valence-electron chi connectivity index (χ2n) is 6.59. The molecule has 140 valence electrons. The minimum atomic E-state index is -0.279. The third-order valence-corrected chi connectivity index (χ3v) is 4.71. The Morgan fingerprint density at radius 1 is 1.19 bits per heavy atom. The van der Waals surface area contributed by atoms with Gasteiger partial charge in [-0.2, -0.15) is 0 Å². The molecule has 1 saturated heterocycles. The predicted octanol–water partition coefficient (Wildman–Crippen LogP) is 3.20. The van der Waals surface area contributed by atoms with E-state index in [2.05, 4.69) is 17.1 Å². The molecular weight excluding hydrogens is 335 g/mol. The maximum Gasteiger partial charge on any atom is 0.220 e. The van der Waals surface area contributed by atoms with Gasteiger partial charge in [-0.05, 0) is 49.7 Å². The van der Waals surface area contributed by atoms with Gasteiger partial charge < -0.3 is 14.5 Å². The van der Waals surface area contributed by atoms with Crippen LogP contribution in [-0.4, -0.2) is 43.2 Å². The van der Waals surface area contributed by atoms with Crippen LogP contribution >= 0.6 is 0 Å². The van der Waals surface area contributed by atoms with E-state index in [0.29, 0.717) is 30.5 Å². The highest BCUT2D eigenvalue weighted by atomic mass is 19.1. The highest BCUT2D eigenvalue weighted by molar-refractivity contribution is 5.75. The highest BCUT2D eigenvalue weighted by Gasteiger charge is 2.17. The Balaban J connectivity index is 1.42. The van der Waals surface area contributed by atoms with Gasteiger partial charge in [0.1, 0.15) is 17.3 Å². The molecule has 0 saturated carbocycles. The molecule has 1 aromatic heterocycles. The van der Waals surface area contributed by atoms with E-state index in [1.807, 2.05) is 12.1 Å². The van der Waals surface area contributed by atoms with Crippen LogP contribution in [0.4, 0.5) is 4.39 Å². The van der Waals surface area contributed by atoms with Crippen molar-refractivity contribution in [3.05, 3.63) is 48.0 Å². The summed E-state index contributed by atoms with van der Waals surface area (Å²) in [6.07, 6.45) is 1.31. The van der Waals surface area contributed by atoms with Crippen molar-refractivity contribution < 1.29 is 18.3 Å². The summed E-state index contributed by atoms with van der Waals surface area (Å²) in [5.41, 5.74) is 0.809. The van der Waals surface area contributed by atoms with Crippen LogP contribution in [0.2, 0.25) is 0 Å². The number of ether oxygens (including phenoxy) is 1. The fourth-order valence-corrected chi connectivity index (χ4v) is 3.06. The second kappa shape index (κ2) is 8.96. The normalized spacial score (nSPS) is 16.4. The molecule has 1 aromatic carbocycles. The van der Waals surface area contributed by atoms with E-state index in [0.717, 1.165) is 38.3 Å². The third kappa shape index (κ3) is 5.16. The molecule has 2 heterocycles. The average molecular weight is 360 g/mol. The summed E-state index contributed by atoms with van der Waals surface area (Å²) in [7, 11) is 0. The molecule has 5 nitrogen and oxygen atoms in total. The summed E-state index contributed by atoms with van der Waals surface area (Å²) in [6, 6.07) is 10.2. The SMILES string of the molecule is C[C@H](CCC(=O)NCc1ccc(-c2ccc(F)cc2)o1)N1CCOCC1. The first-order valence-corrected chi connectivity index (χ1v) is 9.05. The number of nitrogens with zero attached hydrogens (tertiary/aromatic N) is 1. The zero-order chi connectivity index (χ0) is 18.4. The smallest absolute Gasteiger partial charge is 0.220 e. The van der Waals surface area contributed by atoms with Gasteiger partial charge in [0.2, 0.25) is 5.91 Å². The van der Waals surface area contributed by atoms with Gasteiger partial charge in [-0.3, -0.25) is 9.69 Å². The third-order valence-electron chi connectivity index (χ3n) is 4.71. The van der Waals surface area contributed by atoms with E-state index >= 15 is 0 Å². The van der Waals surface area contributed by atoms with Crippen molar-refractivity contribution in [2.75, 3.05) is 26.3 Å². The van der Waals surface area contributed by atoms with E-state index in [1.54, 1.807) is 12.1 Å². The van der Waals surface area contributed by atoms with Gasteiger partial charge in [0.15, 0.2) is 0 Å². The standard InChI is InChI=1S/C20H25FN2O3/c1-15(23-10-12-25-13-11-23)2-9-20(24)22-14-18-7-8-19(26-18)16-3-5-17(21)6-4-16/h3-8,15H,2,9-14H2,1H3,(H,22,24)/t15-/m1/s1. The lowest BCUT2D eigenvalue weighted by Gasteiger charge is -2.32. The number of furan rings is 1. The van der Waals surface area contributed by atoms with Crippen LogP contribution < -0.4 is 5.32 Å². The van der Waals surface area contributed by atoms with Gasteiger partial charge in [0, 0.05) is 31.1 Å². The summed E-state index contributed by atoms with van der Waals surface area (Å²) in [6.45, 7) is 5.91. The first-order valence-electron chi connectivity index (χ1n) is 9.05. The number of carbonyl (C=O) groups is 1. The van der Waals surface area contributed by atoms with Gasteiger partial charge in [0.05, 0.1) is 19.8 Å². The summed E-state index contributed by atoms with van der Waals surface area (Å²) < 4.78 is 24.1. The van der Waals surface area contributed by atoms with Crippen molar-refractivity contribution in [3.8, 4) is 11.3 Å². The molecule has 1 aliphatic rings. The van der Waals surface area contributed by atoms with Gasteiger partial charge in [-0.1, -0.05) is 0 Å². The van der Waals surface area contributed by atoms with Crippen molar-refractivity contribution in [1.29, 1.82) is 0 Å². The Morgan fingerprint density at radius 3 is 2.65 bits per heavy atom. The van der Waals surface area contributed by atoms with Crippen molar-refractivity contribution in [3.63, 3.8) is 0 Å². The lowest BCUT2D eigenvalue weighted by Crippen LogP contribution is -2.42. The van der Waals surface area contributed by atoms with Crippen LogP contribution in [0.25, 0.3) is 11.3 Å². The van der Waals surface area contributed by atoms with Crippen molar-refractivity contribution in [2.45, 2.75) is 32.4 Å². The lowest BCUT2D eigenvalue weighted by atomic mass is 10.1. The quantitative estimate of drug-likeness (QED) is 0.824. The average Bonchev–Trinajstić information content (AvgIpc) is 3.14. The van der Waals surface area contributed by atoms with Crippen LogP contribution in [0.5, 0.6) is 0 Å². The molecule has 0 spiro atoms. The van der Waals surface area contributed by atoms with E-state index in [1.165, 1.54) is 12.1 Å².